The molecule has 0 fully saturated rings. The number of hydrogen-bond acceptors (Lipinski definition) is 6. The van der Waals surface area contributed by atoms with E-state index in [1.54, 1.807) is 0 Å². The first kappa shape index (κ1) is 68.1. The fourth-order valence-electron chi connectivity index (χ4n) is 8.94. The fourth-order valence-corrected chi connectivity index (χ4v) is 8.94. The highest BCUT2D eigenvalue weighted by molar-refractivity contribution is 5.71. The van der Waals surface area contributed by atoms with Gasteiger partial charge in [0.25, 0.3) is 0 Å². The molecule has 6 nitrogen and oxygen atoms in total. The van der Waals surface area contributed by atoms with Crippen LogP contribution in [0.15, 0.2) is 60.8 Å². The number of allylic oxidation sites excluding steroid dienone is 10. The first-order chi connectivity index (χ1) is 35.0. The lowest BCUT2D eigenvalue weighted by Gasteiger charge is -2.18. The quantitative estimate of drug-likeness (QED) is 0.0261. The van der Waals surface area contributed by atoms with Crippen LogP contribution in [0, 0.1) is 0 Å². The number of hydrogen-bond donors (Lipinski definition) is 0. The van der Waals surface area contributed by atoms with Crippen LogP contribution < -0.4 is 0 Å². The van der Waals surface area contributed by atoms with E-state index in [1.807, 2.05) is 0 Å². The Morgan fingerprint density at radius 2 is 0.549 bits per heavy atom. The Morgan fingerprint density at radius 3 is 0.859 bits per heavy atom. The molecule has 0 aliphatic rings. The summed E-state index contributed by atoms with van der Waals surface area (Å²) in [6.07, 6.45) is 75.1. The van der Waals surface area contributed by atoms with Crippen molar-refractivity contribution in [1.29, 1.82) is 0 Å². The standard InChI is InChI=1S/C65H116O6/c1-4-7-10-13-16-19-22-24-25-26-27-28-29-30-31-32-33-34-35-36-37-38-39-41-43-46-49-52-55-58-64(67)70-61-62(60-69-63(66)57-54-51-48-45-42-21-18-15-12-9-6-3)71-65(68)59-56-53-50-47-44-40-23-20-17-14-11-8-5-2/h7,10,16,19,24-25,27-28,30-31,62H,4-6,8-9,11-15,17-18,20-23,26,29,32-61H2,1-3H3/b10-7-,19-16-,25-24-,28-27-,31-30-. The van der Waals surface area contributed by atoms with Crippen LogP contribution in [0.3, 0.4) is 0 Å². The Balaban J connectivity index is 4.15. The lowest BCUT2D eigenvalue weighted by molar-refractivity contribution is -0.167. The summed E-state index contributed by atoms with van der Waals surface area (Å²) in [5.74, 6) is -0.854. The minimum Gasteiger partial charge on any atom is -0.462 e. The number of rotatable bonds is 56. The van der Waals surface area contributed by atoms with Crippen molar-refractivity contribution in [3.05, 3.63) is 60.8 Å². The molecule has 1 unspecified atom stereocenters. The molecule has 0 aliphatic carbocycles. The van der Waals surface area contributed by atoms with Gasteiger partial charge in [0.15, 0.2) is 6.10 Å². The van der Waals surface area contributed by atoms with Gasteiger partial charge in [-0.05, 0) is 64.2 Å². The van der Waals surface area contributed by atoms with E-state index in [1.165, 1.54) is 186 Å². The van der Waals surface area contributed by atoms with Crippen molar-refractivity contribution in [2.45, 2.75) is 322 Å². The maximum absolute atomic E-state index is 12.8. The van der Waals surface area contributed by atoms with Gasteiger partial charge in [0.2, 0.25) is 0 Å². The summed E-state index contributed by atoms with van der Waals surface area (Å²) in [4.78, 5) is 38.1. The van der Waals surface area contributed by atoms with Crippen LogP contribution in [0.4, 0.5) is 0 Å². The molecule has 0 saturated heterocycles. The van der Waals surface area contributed by atoms with Gasteiger partial charge in [-0.25, -0.2) is 0 Å². The molecule has 1 atom stereocenters. The summed E-state index contributed by atoms with van der Waals surface area (Å²) in [5, 5.41) is 0. The molecule has 6 heteroatoms. The summed E-state index contributed by atoms with van der Waals surface area (Å²) in [6, 6.07) is 0. The lowest BCUT2D eigenvalue weighted by Crippen LogP contribution is -2.30. The summed E-state index contributed by atoms with van der Waals surface area (Å²) in [7, 11) is 0. The Hall–Kier alpha value is -2.89. The van der Waals surface area contributed by atoms with E-state index in [0.29, 0.717) is 19.3 Å². The number of carbonyl (C=O) groups excluding carboxylic acids is 3. The van der Waals surface area contributed by atoms with Gasteiger partial charge in [-0.1, -0.05) is 293 Å². The topological polar surface area (TPSA) is 78.9 Å². The van der Waals surface area contributed by atoms with Crippen molar-refractivity contribution >= 4 is 17.9 Å². The van der Waals surface area contributed by atoms with E-state index in [2.05, 4.69) is 81.5 Å². The number of esters is 3. The molecule has 0 aliphatic heterocycles. The van der Waals surface area contributed by atoms with E-state index in [4.69, 9.17) is 14.2 Å². The minimum absolute atomic E-state index is 0.0685. The van der Waals surface area contributed by atoms with E-state index in [0.717, 1.165) is 89.9 Å². The highest BCUT2D eigenvalue weighted by atomic mass is 16.6. The second kappa shape index (κ2) is 59.7. The Morgan fingerprint density at radius 1 is 0.296 bits per heavy atom. The highest BCUT2D eigenvalue weighted by Gasteiger charge is 2.19. The zero-order valence-electron chi connectivity index (χ0n) is 47.2. The van der Waals surface area contributed by atoms with E-state index < -0.39 is 6.10 Å². The summed E-state index contributed by atoms with van der Waals surface area (Å²) < 4.78 is 16.9. The van der Waals surface area contributed by atoms with Gasteiger partial charge in [0.1, 0.15) is 13.2 Å². The third-order valence-corrected chi connectivity index (χ3v) is 13.5. The molecule has 0 aromatic heterocycles. The predicted molar refractivity (Wildman–Crippen MR) is 307 cm³/mol. The molecule has 0 aromatic carbocycles. The second-order valence-corrected chi connectivity index (χ2v) is 20.6. The van der Waals surface area contributed by atoms with Crippen molar-refractivity contribution in [1.82, 2.24) is 0 Å². The fraction of sp³-hybridized carbons (Fsp3) is 0.800. The minimum atomic E-state index is -0.769. The Bertz CT molecular complexity index is 1280. The molecular weight excluding hydrogens is 877 g/mol. The summed E-state index contributed by atoms with van der Waals surface area (Å²) >= 11 is 0. The lowest BCUT2D eigenvalue weighted by atomic mass is 10.0. The average molecular weight is 994 g/mol. The zero-order chi connectivity index (χ0) is 51.4. The number of unbranched alkanes of at least 4 members (excludes halogenated alkanes) is 35. The van der Waals surface area contributed by atoms with Crippen LogP contribution >= 0.6 is 0 Å². The molecule has 0 aromatic rings. The van der Waals surface area contributed by atoms with Gasteiger partial charge in [-0.2, -0.15) is 0 Å². The van der Waals surface area contributed by atoms with Crippen molar-refractivity contribution in [3.63, 3.8) is 0 Å². The first-order valence-electron chi connectivity index (χ1n) is 30.8. The smallest absolute Gasteiger partial charge is 0.306 e. The molecule has 0 saturated carbocycles. The van der Waals surface area contributed by atoms with Crippen LogP contribution in [0.1, 0.15) is 316 Å². The van der Waals surface area contributed by atoms with Crippen LogP contribution in [0.5, 0.6) is 0 Å². The van der Waals surface area contributed by atoms with Gasteiger partial charge in [0, 0.05) is 19.3 Å². The van der Waals surface area contributed by atoms with Crippen molar-refractivity contribution in [3.8, 4) is 0 Å². The molecule has 0 heterocycles. The second-order valence-electron chi connectivity index (χ2n) is 20.6. The maximum atomic E-state index is 12.8. The summed E-state index contributed by atoms with van der Waals surface area (Å²) in [5.41, 5.74) is 0. The Kier molecular flexibility index (Phi) is 57.2. The summed E-state index contributed by atoms with van der Waals surface area (Å²) in [6.45, 7) is 6.55. The molecular formula is C65H116O6. The monoisotopic (exact) mass is 993 g/mol. The van der Waals surface area contributed by atoms with Crippen LogP contribution in [0.2, 0.25) is 0 Å². The van der Waals surface area contributed by atoms with Gasteiger partial charge in [-0.3, -0.25) is 14.4 Å². The van der Waals surface area contributed by atoms with Crippen LogP contribution in [0.25, 0.3) is 0 Å². The molecule has 0 radical (unpaired) electrons. The molecule has 0 rings (SSSR count). The Labute approximate surface area is 440 Å². The predicted octanol–water partition coefficient (Wildman–Crippen LogP) is 20.8. The van der Waals surface area contributed by atoms with Crippen LogP contribution in [-0.4, -0.2) is 37.2 Å². The third-order valence-electron chi connectivity index (χ3n) is 13.5. The van der Waals surface area contributed by atoms with E-state index in [9.17, 15) is 14.4 Å². The van der Waals surface area contributed by atoms with Crippen molar-refractivity contribution in [2.24, 2.45) is 0 Å². The molecule has 0 amide bonds. The van der Waals surface area contributed by atoms with Gasteiger partial charge < -0.3 is 14.2 Å². The largest absolute Gasteiger partial charge is 0.462 e. The third kappa shape index (κ3) is 57.9. The maximum Gasteiger partial charge on any atom is 0.306 e. The molecule has 0 bridgehead atoms. The van der Waals surface area contributed by atoms with Crippen LogP contribution in [-0.2, 0) is 28.6 Å². The van der Waals surface area contributed by atoms with Gasteiger partial charge in [0.05, 0.1) is 0 Å². The number of carbonyl (C=O) groups is 3. The molecule has 71 heavy (non-hydrogen) atoms. The van der Waals surface area contributed by atoms with Crippen molar-refractivity contribution in [2.75, 3.05) is 13.2 Å². The molecule has 412 valence electrons. The normalized spacial score (nSPS) is 12.4. The SMILES string of the molecule is CC/C=C\C/C=C\C/C=C\C/C=C\C/C=C\CCCCCCCCCCCCCCCC(=O)OCC(COC(=O)CCCCCCCCCCCCC)OC(=O)CCCCCCCCCCCCCCC. The molecule has 0 spiro atoms. The first-order valence-corrected chi connectivity index (χ1v) is 30.8. The van der Waals surface area contributed by atoms with E-state index >= 15 is 0 Å². The van der Waals surface area contributed by atoms with E-state index in [-0.39, 0.29) is 31.1 Å². The zero-order valence-corrected chi connectivity index (χ0v) is 47.2. The number of ether oxygens (including phenoxy) is 3. The average Bonchev–Trinajstić information content (AvgIpc) is 3.37. The van der Waals surface area contributed by atoms with Gasteiger partial charge in [-0.15, -0.1) is 0 Å². The van der Waals surface area contributed by atoms with Crippen molar-refractivity contribution < 1.29 is 28.6 Å². The highest BCUT2D eigenvalue weighted by Crippen LogP contribution is 2.17. The van der Waals surface area contributed by atoms with Gasteiger partial charge >= 0.3 is 17.9 Å². The molecule has 0 N–H and O–H groups in total.